The van der Waals surface area contributed by atoms with Gasteiger partial charge in [-0.1, -0.05) is 22.8 Å². The van der Waals surface area contributed by atoms with Crippen LogP contribution >= 0.6 is 11.6 Å². The molecular weight excluding hydrogens is 383 g/mol. The maximum atomic E-state index is 13.6. The molecule has 0 saturated carbocycles. The van der Waals surface area contributed by atoms with E-state index < -0.39 is 5.82 Å². The van der Waals surface area contributed by atoms with Crippen LogP contribution in [0.15, 0.2) is 47.6 Å². The van der Waals surface area contributed by atoms with E-state index in [1.807, 2.05) is 13.8 Å². The maximum absolute atomic E-state index is 13.6. The Morgan fingerprint density at radius 1 is 1.29 bits per heavy atom. The average Bonchev–Trinajstić information content (AvgIpc) is 2.67. The average molecular weight is 403 g/mol. The van der Waals surface area contributed by atoms with Gasteiger partial charge < -0.3 is 9.74 Å². The summed E-state index contributed by atoms with van der Waals surface area (Å²) in [6.07, 6.45) is 1.37. The van der Waals surface area contributed by atoms with Crippen LogP contribution in [0, 0.1) is 11.2 Å². The second-order valence-corrected chi connectivity index (χ2v) is 7.62. The van der Waals surface area contributed by atoms with E-state index in [4.69, 9.17) is 16.4 Å². The minimum absolute atomic E-state index is 0.0417. The third-order valence-electron chi connectivity index (χ3n) is 4.57. The molecule has 0 unspecified atom stereocenters. The zero-order valence-corrected chi connectivity index (χ0v) is 16.4. The standard InChI is InChI=1S/C21H20ClFN2O3/c1-21(2)13-25(20(21)27)15-8-6-14(7-9-15)19(26)10-11-24-28-12-16-17(22)4-3-5-18(16)23/h3-9,11H,10,12-13H2,1-2H3/b24-11+. The summed E-state index contributed by atoms with van der Waals surface area (Å²) in [6, 6.07) is 11.2. The molecule has 1 heterocycles. The van der Waals surface area contributed by atoms with E-state index in [2.05, 4.69) is 5.16 Å². The first-order chi connectivity index (χ1) is 13.3. The largest absolute Gasteiger partial charge is 0.391 e. The summed E-state index contributed by atoms with van der Waals surface area (Å²) in [5.41, 5.74) is 1.18. The molecule has 0 spiro atoms. The summed E-state index contributed by atoms with van der Waals surface area (Å²) in [5, 5.41) is 3.94. The van der Waals surface area contributed by atoms with Gasteiger partial charge in [0.1, 0.15) is 12.4 Å². The van der Waals surface area contributed by atoms with Crippen molar-refractivity contribution in [3.8, 4) is 0 Å². The molecule has 146 valence electrons. The molecule has 0 aliphatic carbocycles. The van der Waals surface area contributed by atoms with Gasteiger partial charge in [0, 0.05) is 29.8 Å². The van der Waals surface area contributed by atoms with Crippen LogP contribution in [-0.4, -0.2) is 24.4 Å². The number of nitrogens with zero attached hydrogens (tertiary/aromatic N) is 2. The maximum Gasteiger partial charge on any atom is 0.234 e. The van der Waals surface area contributed by atoms with Crippen molar-refractivity contribution in [3.05, 3.63) is 64.4 Å². The molecular formula is C21H20ClFN2O3. The monoisotopic (exact) mass is 402 g/mol. The molecule has 1 aliphatic heterocycles. The molecule has 1 saturated heterocycles. The van der Waals surface area contributed by atoms with Crippen molar-refractivity contribution < 1.29 is 18.8 Å². The van der Waals surface area contributed by atoms with Gasteiger partial charge in [-0.3, -0.25) is 9.59 Å². The van der Waals surface area contributed by atoms with Crippen molar-refractivity contribution >= 4 is 35.2 Å². The number of β-lactam (4-membered cyclic amide) rings is 1. The molecule has 0 aromatic heterocycles. The van der Waals surface area contributed by atoms with Gasteiger partial charge in [0.25, 0.3) is 0 Å². The molecule has 1 amide bonds. The molecule has 0 bridgehead atoms. The Hall–Kier alpha value is -2.73. The fourth-order valence-electron chi connectivity index (χ4n) is 2.91. The number of amides is 1. The highest BCUT2D eigenvalue weighted by Crippen LogP contribution is 2.35. The molecule has 0 radical (unpaired) electrons. The van der Waals surface area contributed by atoms with Crippen molar-refractivity contribution in [1.82, 2.24) is 0 Å². The Balaban J connectivity index is 1.50. The highest BCUT2D eigenvalue weighted by Gasteiger charge is 2.44. The molecule has 3 rings (SSSR count). The SMILES string of the molecule is CC1(C)CN(c2ccc(C(=O)C/C=N/OCc3c(F)cccc3Cl)cc2)C1=O. The third-order valence-corrected chi connectivity index (χ3v) is 4.93. The van der Waals surface area contributed by atoms with Crippen LogP contribution in [0.1, 0.15) is 36.2 Å². The van der Waals surface area contributed by atoms with Gasteiger partial charge in [-0.15, -0.1) is 0 Å². The highest BCUT2D eigenvalue weighted by molar-refractivity contribution is 6.31. The molecule has 2 aromatic carbocycles. The smallest absolute Gasteiger partial charge is 0.234 e. The molecule has 28 heavy (non-hydrogen) atoms. The van der Waals surface area contributed by atoms with Crippen molar-refractivity contribution in [2.45, 2.75) is 26.9 Å². The zero-order chi connectivity index (χ0) is 20.3. The molecule has 0 atom stereocenters. The Morgan fingerprint density at radius 2 is 2.00 bits per heavy atom. The van der Waals surface area contributed by atoms with Crippen LogP contribution in [0.2, 0.25) is 5.02 Å². The van der Waals surface area contributed by atoms with Crippen LogP contribution in [0.25, 0.3) is 0 Å². The number of hydrogen-bond donors (Lipinski definition) is 0. The predicted molar refractivity (Wildman–Crippen MR) is 106 cm³/mol. The lowest BCUT2D eigenvalue weighted by Crippen LogP contribution is -2.58. The Labute approximate surface area is 167 Å². The number of rotatable bonds is 7. The number of halogens is 2. The summed E-state index contributed by atoms with van der Waals surface area (Å²) < 4.78 is 13.6. The Morgan fingerprint density at radius 3 is 2.61 bits per heavy atom. The number of ketones is 1. The topological polar surface area (TPSA) is 59.0 Å². The van der Waals surface area contributed by atoms with Crippen molar-refractivity contribution in [2.75, 3.05) is 11.4 Å². The van der Waals surface area contributed by atoms with E-state index in [9.17, 15) is 14.0 Å². The molecule has 5 nitrogen and oxygen atoms in total. The third kappa shape index (κ3) is 4.22. The van der Waals surface area contributed by atoms with Crippen molar-refractivity contribution in [2.24, 2.45) is 10.6 Å². The summed E-state index contributed by atoms with van der Waals surface area (Å²) in [4.78, 5) is 31.0. The number of oxime groups is 1. The first kappa shape index (κ1) is 20.0. The van der Waals surface area contributed by atoms with Gasteiger partial charge in [-0.05, 0) is 50.2 Å². The molecule has 1 aliphatic rings. The number of hydrogen-bond acceptors (Lipinski definition) is 4. The molecule has 1 fully saturated rings. The number of Topliss-reactive ketones (excluding diaryl/α,β-unsaturated/α-hetero) is 1. The number of carbonyl (C=O) groups excluding carboxylic acids is 2. The normalized spacial score (nSPS) is 15.6. The van der Waals surface area contributed by atoms with Crippen LogP contribution in [0.3, 0.4) is 0 Å². The molecule has 7 heteroatoms. The van der Waals surface area contributed by atoms with Gasteiger partial charge in [0.2, 0.25) is 5.91 Å². The summed E-state index contributed by atoms with van der Waals surface area (Å²) >= 11 is 5.90. The van der Waals surface area contributed by atoms with E-state index in [0.717, 1.165) is 5.69 Å². The highest BCUT2D eigenvalue weighted by atomic mass is 35.5. The van der Waals surface area contributed by atoms with Crippen molar-refractivity contribution in [1.29, 1.82) is 0 Å². The van der Waals surface area contributed by atoms with E-state index in [0.29, 0.717) is 12.1 Å². The minimum Gasteiger partial charge on any atom is -0.391 e. The second kappa shape index (κ2) is 8.10. The zero-order valence-electron chi connectivity index (χ0n) is 15.6. The van der Waals surface area contributed by atoms with Gasteiger partial charge in [0.15, 0.2) is 5.78 Å². The summed E-state index contributed by atoms with van der Waals surface area (Å²) in [7, 11) is 0. The lowest BCUT2D eigenvalue weighted by molar-refractivity contribution is -0.132. The lowest BCUT2D eigenvalue weighted by atomic mass is 9.82. The number of benzene rings is 2. The van der Waals surface area contributed by atoms with Gasteiger partial charge in [-0.2, -0.15) is 0 Å². The van der Waals surface area contributed by atoms with E-state index in [1.165, 1.54) is 18.3 Å². The van der Waals surface area contributed by atoms with Gasteiger partial charge >= 0.3 is 0 Å². The van der Waals surface area contributed by atoms with Crippen LogP contribution in [0.4, 0.5) is 10.1 Å². The quantitative estimate of drug-likeness (QED) is 0.293. The van der Waals surface area contributed by atoms with E-state index >= 15 is 0 Å². The van der Waals surface area contributed by atoms with Gasteiger partial charge in [-0.25, -0.2) is 4.39 Å². The van der Waals surface area contributed by atoms with E-state index in [-0.39, 0.29) is 40.7 Å². The first-order valence-corrected chi connectivity index (χ1v) is 9.19. The summed E-state index contributed by atoms with van der Waals surface area (Å²) in [5.74, 6) is -0.535. The Bertz CT molecular complexity index is 905. The fraction of sp³-hybridized carbons (Fsp3) is 0.286. The van der Waals surface area contributed by atoms with Crippen LogP contribution in [0.5, 0.6) is 0 Å². The lowest BCUT2D eigenvalue weighted by Gasteiger charge is -2.44. The first-order valence-electron chi connectivity index (χ1n) is 8.81. The fourth-order valence-corrected chi connectivity index (χ4v) is 3.12. The van der Waals surface area contributed by atoms with Crippen molar-refractivity contribution in [3.63, 3.8) is 0 Å². The van der Waals surface area contributed by atoms with Crippen LogP contribution < -0.4 is 4.90 Å². The number of anilines is 1. The van der Waals surface area contributed by atoms with Gasteiger partial charge in [0.05, 0.1) is 16.7 Å². The number of carbonyl (C=O) groups is 2. The predicted octanol–water partition coefficient (Wildman–Crippen LogP) is 4.63. The molecule has 2 aromatic rings. The van der Waals surface area contributed by atoms with E-state index in [1.54, 1.807) is 35.2 Å². The Kier molecular flexibility index (Phi) is 5.79. The summed E-state index contributed by atoms with van der Waals surface area (Å²) in [6.45, 7) is 4.36. The molecule has 0 N–H and O–H groups in total. The second-order valence-electron chi connectivity index (χ2n) is 7.21. The minimum atomic E-state index is -0.470. The van der Waals surface area contributed by atoms with Crippen LogP contribution in [-0.2, 0) is 16.2 Å².